The van der Waals surface area contributed by atoms with Gasteiger partial charge in [-0.2, -0.15) is 0 Å². The SMILES string of the molecule is COC(=O)C1CC2CN1C(=O)C(C1Cc3ccccc3C1)NC(=O)OC1CC1CCCCCc1c([nH]c3ccccc3c1=O)O2. The van der Waals surface area contributed by atoms with Crippen LogP contribution in [0.3, 0.4) is 0 Å². The Bertz CT molecular complexity index is 1660. The average molecular weight is 614 g/mol. The predicted octanol–water partition coefficient (Wildman–Crippen LogP) is 4.06. The molecule has 1 saturated heterocycles. The van der Waals surface area contributed by atoms with E-state index in [2.05, 4.69) is 10.3 Å². The van der Waals surface area contributed by atoms with Gasteiger partial charge in [-0.25, -0.2) is 9.59 Å². The Hall–Kier alpha value is -4.34. The first-order valence-electron chi connectivity index (χ1n) is 16.1. The minimum atomic E-state index is -0.901. The summed E-state index contributed by atoms with van der Waals surface area (Å²) in [6, 6.07) is 13.6. The summed E-state index contributed by atoms with van der Waals surface area (Å²) in [6.45, 7) is 0.102. The molecule has 3 heterocycles. The number of fused-ring (bicyclic) bond motifs is 6. The number of pyridine rings is 1. The molecular formula is C35H39N3O7. The quantitative estimate of drug-likeness (QED) is 0.418. The molecule has 5 atom stereocenters. The number of hydrogen-bond acceptors (Lipinski definition) is 7. The van der Waals surface area contributed by atoms with E-state index in [1.807, 2.05) is 48.5 Å². The molecule has 5 unspecified atom stereocenters. The van der Waals surface area contributed by atoms with Crippen LogP contribution in [0.15, 0.2) is 53.3 Å². The van der Waals surface area contributed by atoms with Crippen molar-refractivity contribution in [2.75, 3.05) is 13.7 Å². The third-order valence-corrected chi connectivity index (χ3v) is 9.98. The molecule has 7 rings (SSSR count). The van der Waals surface area contributed by atoms with Gasteiger partial charge in [0.1, 0.15) is 24.3 Å². The van der Waals surface area contributed by atoms with Crippen LogP contribution in [0.2, 0.25) is 0 Å². The maximum absolute atomic E-state index is 14.4. The molecule has 3 aromatic rings. The highest BCUT2D eigenvalue weighted by Crippen LogP contribution is 2.39. The molecule has 10 heteroatoms. The third-order valence-electron chi connectivity index (χ3n) is 9.98. The molecule has 2 amide bonds. The van der Waals surface area contributed by atoms with Crippen molar-refractivity contribution in [1.29, 1.82) is 0 Å². The Morgan fingerprint density at radius 1 is 0.911 bits per heavy atom. The highest BCUT2D eigenvalue weighted by Gasteiger charge is 2.47. The van der Waals surface area contributed by atoms with Crippen molar-refractivity contribution in [2.45, 2.75) is 82.1 Å². The molecule has 4 aliphatic rings. The van der Waals surface area contributed by atoms with Gasteiger partial charge in [-0.05, 0) is 73.6 Å². The first-order chi connectivity index (χ1) is 21.9. The molecule has 2 bridgehead atoms. The van der Waals surface area contributed by atoms with E-state index in [4.69, 9.17) is 14.2 Å². The summed E-state index contributed by atoms with van der Waals surface area (Å²) in [5.41, 5.74) is 3.47. The number of alkyl carbamates (subject to hydrolysis) is 1. The number of esters is 1. The number of nitrogens with one attached hydrogen (secondary N) is 2. The molecular weight excluding hydrogens is 574 g/mol. The van der Waals surface area contributed by atoms with Crippen molar-refractivity contribution in [3.05, 3.63) is 75.4 Å². The summed E-state index contributed by atoms with van der Waals surface area (Å²) in [5, 5.41) is 3.52. The Morgan fingerprint density at radius 2 is 1.67 bits per heavy atom. The normalized spacial score (nSPS) is 27.2. The fourth-order valence-electron chi connectivity index (χ4n) is 7.47. The number of rotatable bonds is 2. The Balaban J connectivity index is 1.23. The van der Waals surface area contributed by atoms with E-state index < -0.39 is 30.3 Å². The van der Waals surface area contributed by atoms with Gasteiger partial charge < -0.3 is 29.4 Å². The highest BCUT2D eigenvalue weighted by atomic mass is 16.6. The number of nitrogens with zero attached hydrogens (tertiary/aromatic N) is 1. The van der Waals surface area contributed by atoms with Gasteiger partial charge in [0.15, 0.2) is 11.3 Å². The van der Waals surface area contributed by atoms with E-state index in [0.717, 1.165) is 43.2 Å². The Labute approximate surface area is 261 Å². The summed E-state index contributed by atoms with van der Waals surface area (Å²) in [7, 11) is 1.30. The molecule has 2 fully saturated rings. The number of H-pyrrole nitrogens is 1. The number of aromatic nitrogens is 1. The van der Waals surface area contributed by atoms with Crippen LogP contribution in [0.1, 0.15) is 55.2 Å². The second kappa shape index (κ2) is 12.2. The first-order valence-corrected chi connectivity index (χ1v) is 16.1. The zero-order chi connectivity index (χ0) is 31.1. The van der Waals surface area contributed by atoms with Crippen molar-refractivity contribution in [1.82, 2.24) is 15.2 Å². The number of methoxy groups -OCH3 is 1. The first kappa shape index (κ1) is 29.4. The van der Waals surface area contributed by atoms with Gasteiger partial charge in [-0.1, -0.05) is 49.2 Å². The molecule has 10 nitrogen and oxygen atoms in total. The van der Waals surface area contributed by atoms with Crippen molar-refractivity contribution in [3.8, 4) is 5.88 Å². The van der Waals surface area contributed by atoms with Crippen molar-refractivity contribution < 1.29 is 28.6 Å². The van der Waals surface area contributed by atoms with E-state index in [-0.39, 0.29) is 36.3 Å². The predicted molar refractivity (Wildman–Crippen MR) is 166 cm³/mol. The number of aromatic amines is 1. The number of para-hydroxylation sites is 1. The van der Waals surface area contributed by atoms with Crippen LogP contribution in [0.5, 0.6) is 5.88 Å². The lowest BCUT2D eigenvalue weighted by atomic mass is 9.95. The number of ether oxygens (including phenoxy) is 3. The van der Waals surface area contributed by atoms with Crippen molar-refractivity contribution in [3.63, 3.8) is 0 Å². The molecule has 0 spiro atoms. The Kier molecular flexibility index (Phi) is 7.97. The number of hydrogen-bond donors (Lipinski definition) is 2. The van der Waals surface area contributed by atoms with Crippen LogP contribution < -0.4 is 15.5 Å². The molecule has 1 saturated carbocycles. The summed E-state index contributed by atoms with van der Waals surface area (Å²) in [6.07, 6.45) is 5.09. The summed E-state index contributed by atoms with van der Waals surface area (Å²) < 4.78 is 17.4. The summed E-state index contributed by atoms with van der Waals surface area (Å²) >= 11 is 0. The van der Waals surface area contributed by atoms with Crippen molar-refractivity contribution >= 4 is 28.9 Å². The maximum atomic E-state index is 14.4. The van der Waals surface area contributed by atoms with Gasteiger partial charge in [0.2, 0.25) is 5.91 Å². The molecule has 2 aromatic carbocycles. The molecule has 2 aliphatic heterocycles. The van der Waals surface area contributed by atoms with Gasteiger partial charge in [0.05, 0.1) is 24.7 Å². The molecule has 2 aliphatic carbocycles. The number of carbonyl (C=O) groups excluding carboxylic acids is 3. The summed E-state index contributed by atoms with van der Waals surface area (Å²) in [5.74, 6) is -0.443. The van der Waals surface area contributed by atoms with E-state index in [0.29, 0.717) is 47.5 Å². The van der Waals surface area contributed by atoms with E-state index >= 15 is 0 Å². The Morgan fingerprint density at radius 3 is 2.44 bits per heavy atom. The smallest absolute Gasteiger partial charge is 0.408 e. The van der Waals surface area contributed by atoms with E-state index in [9.17, 15) is 19.2 Å². The van der Waals surface area contributed by atoms with Gasteiger partial charge in [0.25, 0.3) is 0 Å². The molecule has 0 radical (unpaired) electrons. The third kappa shape index (κ3) is 5.90. The monoisotopic (exact) mass is 613 g/mol. The number of carbonyl (C=O) groups is 3. The number of benzene rings is 2. The largest absolute Gasteiger partial charge is 0.473 e. The highest BCUT2D eigenvalue weighted by molar-refractivity contribution is 5.91. The average Bonchev–Trinajstić information content (AvgIpc) is 3.42. The fourth-order valence-corrected chi connectivity index (χ4v) is 7.47. The van der Waals surface area contributed by atoms with E-state index in [1.54, 1.807) is 0 Å². The van der Waals surface area contributed by atoms with Crippen LogP contribution in [0.4, 0.5) is 4.79 Å². The second-order valence-corrected chi connectivity index (χ2v) is 12.9. The molecule has 236 valence electrons. The minimum Gasteiger partial charge on any atom is -0.473 e. The van der Waals surface area contributed by atoms with Crippen LogP contribution in [0.25, 0.3) is 10.9 Å². The second-order valence-electron chi connectivity index (χ2n) is 12.9. The van der Waals surface area contributed by atoms with Crippen LogP contribution >= 0.6 is 0 Å². The van der Waals surface area contributed by atoms with Crippen LogP contribution in [-0.2, 0) is 38.3 Å². The van der Waals surface area contributed by atoms with Crippen LogP contribution in [0, 0.1) is 11.8 Å². The molecule has 1 aromatic heterocycles. The fraction of sp³-hybridized carbons (Fsp3) is 0.486. The van der Waals surface area contributed by atoms with Gasteiger partial charge in [-0.3, -0.25) is 9.59 Å². The molecule has 2 N–H and O–H groups in total. The molecule has 45 heavy (non-hydrogen) atoms. The zero-order valence-electron chi connectivity index (χ0n) is 25.5. The van der Waals surface area contributed by atoms with Crippen LogP contribution in [-0.4, -0.2) is 65.8 Å². The standard InChI is InChI=1S/C35H39N3O7/c1-43-34(41)28-18-24-19-38(28)33(40)30(23-15-20-9-5-6-10-21(20)16-23)37-35(42)45-29-17-22(29)11-3-2-4-13-26-31(39)25-12-7-8-14-27(25)36-32(26)44-24/h5-10,12,14,22-24,28-30H,2-4,11,13,15-19H2,1H3,(H,36,39)(H,37,42). The van der Waals surface area contributed by atoms with Gasteiger partial charge >= 0.3 is 12.1 Å². The van der Waals surface area contributed by atoms with Gasteiger partial charge in [-0.15, -0.1) is 0 Å². The lowest BCUT2D eigenvalue weighted by Crippen LogP contribution is -2.55. The lowest BCUT2D eigenvalue weighted by molar-refractivity contribution is -0.152. The minimum absolute atomic E-state index is 0.0663. The number of amides is 2. The van der Waals surface area contributed by atoms with Crippen molar-refractivity contribution in [2.24, 2.45) is 11.8 Å². The zero-order valence-corrected chi connectivity index (χ0v) is 25.5. The topological polar surface area (TPSA) is 127 Å². The lowest BCUT2D eigenvalue weighted by Gasteiger charge is -2.30. The van der Waals surface area contributed by atoms with E-state index in [1.165, 1.54) is 12.0 Å². The summed E-state index contributed by atoms with van der Waals surface area (Å²) in [4.78, 5) is 59.1. The van der Waals surface area contributed by atoms with Gasteiger partial charge in [0, 0.05) is 11.8 Å². The maximum Gasteiger partial charge on any atom is 0.408 e.